The molecule has 0 aromatic carbocycles. The lowest BCUT2D eigenvalue weighted by molar-refractivity contribution is 0.149. The second kappa shape index (κ2) is 6.02. The summed E-state index contributed by atoms with van der Waals surface area (Å²) in [5.74, 6) is 1.60. The zero-order valence-corrected chi connectivity index (χ0v) is 11.6. The lowest BCUT2D eigenvalue weighted by Gasteiger charge is -2.34. The van der Waals surface area contributed by atoms with Gasteiger partial charge in [0.15, 0.2) is 0 Å². The Morgan fingerprint density at radius 2 is 1.81 bits per heavy atom. The van der Waals surface area contributed by atoms with Gasteiger partial charge in [-0.05, 0) is 56.1 Å². The molecule has 16 heavy (non-hydrogen) atoms. The number of rotatable bonds is 4. The van der Waals surface area contributed by atoms with Crippen LogP contribution in [-0.2, 0) is 0 Å². The molecule has 1 atom stereocenters. The summed E-state index contributed by atoms with van der Waals surface area (Å²) in [5.41, 5.74) is 6.31. The van der Waals surface area contributed by atoms with E-state index in [2.05, 4.69) is 32.6 Å². The average Bonchev–Trinajstić information content (AvgIpc) is 2.18. The third-order valence-corrected chi connectivity index (χ3v) is 3.63. The van der Waals surface area contributed by atoms with Crippen LogP contribution >= 0.6 is 0 Å². The van der Waals surface area contributed by atoms with Gasteiger partial charge in [-0.15, -0.1) is 0 Å². The van der Waals surface area contributed by atoms with Crippen LogP contribution in [0, 0.1) is 17.3 Å². The monoisotopic (exact) mass is 226 g/mol. The number of nitrogens with two attached hydrogens (primary N) is 1. The Morgan fingerprint density at radius 1 is 1.25 bits per heavy atom. The molecule has 1 aliphatic heterocycles. The minimum atomic E-state index is 0.410. The minimum Gasteiger partial charge on any atom is -0.330 e. The Morgan fingerprint density at radius 3 is 2.25 bits per heavy atom. The highest BCUT2D eigenvalue weighted by Gasteiger charge is 2.22. The highest BCUT2D eigenvalue weighted by atomic mass is 15.1. The summed E-state index contributed by atoms with van der Waals surface area (Å²) in [6.07, 6.45) is 3.98. The van der Waals surface area contributed by atoms with E-state index in [4.69, 9.17) is 5.73 Å². The maximum atomic E-state index is 5.90. The molecule has 1 aliphatic rings. The van der Waals surface area contributed by atoms with Gasteiger partial charge in [-0.3, -0.25) is 0 Å². The quantitative estimate of drug-likeness (QED) is 0.798. The van der Waals surface area contributed by atoms with Gasteiger partial charge >= 0.3 is 0 Å². The molecule has 2 N–H and O–H groups in total. The summed E-state index contributed by atoms with van der Waals surface area (Å²) in [6.45, 7) is 13.9. The van der Waals surface area contributed by atoms with Crippen LogP contribution in [0.15, 0.2) is 0 Å². The van der Waals surface area contributed by atoms with E-state index in [1.807, 2.05) is 0 Å². The fourth-order valence-electron chi connectivity index (χ4n) is 2.70. The Kier molecular flexibility index (Phi) is 5.26. The van der Waals surface area contributed by atoms with Crippen LogP contribution in [0.25, 0.3) is 0 Å². The summed E-state index contributed by atoms with van der Waals surface area (Å²) >= 11 is 0. The molecule has 1 heterocycles. The minimum absolute atomic E-state index is 0.410. The molecule has 1 rings (SSSR count). The van der Waals surface area contributed by atoms with Gasteiger partial charge in [-0.1, -0.05) is 27.7 Å². The van der Waals surface area contributed by atoms with Crippen molar-refractivity contribution in [3.63, 3.8) is 0 Å². The Bertz CT molecular complexity index is 187. The highest BCUT2D eigenvalue weighted by molar-refractivity contribution is 4.76. The van der Waals surface area contributed by atoms with E-state index in [1.54, 1.807) is 0 Å². The van der Waals surface area contributed by atoms with Gasteiger partial charge in [0.1, 0.15) is 0 Å². The lowest BCUT2D eigenvalue weighted by Crippen LogP contribution is -2.39. The molecular weight excluding hydrogens is 196 g/mol. The van der Waals surface area contributed by atoms with Crippen molar-refractivity contribution in [3.05, 3.63) is 0 Å². The van der Waals surface area contributed by atoms with Crippen molar-refractivity contribution >= 4 is 0 Å². The van der Waals surface area contributed by atoms with Crippen molar-refractivity contribution in [2.75, 3.05) is 26.2 Å². The van der Waals surface area contributed by atoms with Crippen LogP contribution < -0.4 is 5.73 Å². The summed E-state index contributed by atoms with van der Waals surface area (Å²) in [7, 11) is 0. The van der Waals surface area contributed by atoms with Crippen molar-refractivity contribution < 1.29 is 0 Å². The van der Waals surface area contributed by atoms with Crippen molar-refractivity contribution in [2.24, 2.45) is 23.0 Å². The first-order valence-electron chi connectivity index (χ1n) is 6.83. The maximum Gasteiger partial charge on any atom is 0.00219 e. The van der Waals surface area contributed by atoms with E-state index in [9.17, 15) is 0 Å². The lowest BCUT2D eigenvalue weighted by atomic mass is 9.84. The molecule has 0 radical (unpaired) electrons. The number of nitrogens with zero attached hydrogens (tertiary/aromatic N) is 1. The normalized spacial score (nSPS) is 22.3. The van der Waals surface area contributed by atoms with Crippen molar-refractivity contribution in [2.45, 2.75) is 47.0 Å². The Hall–Kier alpha value is -0.0800. The molecule has 1 saturated heterocycles. The van der Waals surface area contributed by atoms with Crippen LogP contribution in [0.1, 0.15) is 47.0 Å². The Balaban J connectivity index is 2.33. The topological polar surface area (TPSA) is 29.3 Å². The molecule has 0 aliphatic carbocycles. The van der Waals surface area contributed by atoms with E-state index in [0.29, 0.717) is 11.3 Å². The maximum absolute atomic E-state index is 5.90. The van der Waals surface area contributed by atoms with Gasteiger partial charge in [-0.2, -0.15) is 0 Å². The molecule has 0 saturated carbocycles. The number of piperidine rings is 1. The van der Waals surface area contributed by atoms with Crippen molar-refractivity contribution in [1.82, 2.24) is 4.90 Å². The third-order valence-electron chi connectivity index (χ3n) is 3.63. The average molecular weight is 226 g/mol. The van der Waals surface area contributed by atoms with E-state index < -0.39 is 0 Å². The molecule has 1 fully saturated rings. The molecule has 1 unspecified atom stereocenters. The van der Waals surface area contributed by atoms with Crippen molar-refractivity contribution in [1.29, 1.82) is 0 Å². The van der Waals surface area contributed by atoms with E-state index in [-0.39, 0.29) is 0 Å². The van der Waals surface area contributed by atoms with Gasteiger partial charge in [0.05, 0.1) is 0 Å². The predicted molar refractivity (Wildman–Crippen MR) is 71.5 cm³/mol. The predicted octanol–water partition coefficient (Wildman–Crippen LogP) is 2.73. The molecule has 0 spiro atoms. The number of hydrogen-bond donors (Lipinski definition) is 1. The largest absolute Gasteiger partial charge is 0.330 e. The number of hydrogen-bond acceptors (Lipinski definition) is 2. The van der Waals surface area contributed by atoms with E-state index >= 15 is 0 Å². The van der Waals surface area contributed by atoms with E-state index in [0.717, 1.165) is 12.5 Å². The van der Waals surface area contributed by atoms with Crippen LogP contribution in [-0.4, -0.2) is 31.1 Å². The van der Waals surface area contributed by atoms with Crippen LogP contribution in [0.5, 0.6) is 0 Å². The SMILES string of the molecule is CC1CCN(CC(CN)CC(C)(C)C)CC1. The highest BCUT2D eigenvalue weighted by Crippen LogP contribution is 2.25. The van der Waals surface area contributed by atoms with Crippen LogP contribution in [0.3, 0.4) is 0 Å². The van der Waals surface area contributed by atoms with Crippen molar-refractivity contribution in [3.8, 4) is 0 Å². The first-order valence-corrected chi connectivity index (χ1v) is 6.83. The zero-order chi connectivity index (χ0) is 12.2. The van der Waals surface area contributed by atoms with Gasteiger partial charge in [-0.25, -0.2) is 0 Å². The summed E-state index contributed by atoms with van der Waals surface area (Å²) < 4.78 is 0. The summed E-state index contributed by atoms with van der Waals surface area (Å²) in [6, 6.07) is 0. The molecule has 0 bridgehead atoms. The summed E-state index contributed by atoms with van der Waals surface area (Å²) in [4.78, 5) is 2.61. The first-order chi connectivity index (χ1) is 7.40. The molecule has 0 amide bonds. The molecule has 0 aromatic rings. The van der Waals surface area contributed by atoms with Gasteiger partial charge in [0.25, 0.3) is 0 Å². The fourth-order valence-corrected chi connectivity index (χ4v) is 2.70. The molecule has 96 valence electrons. The second-order valence-electron chi connectivity index (χ2n) is 6.85. The number of likely N-dealkylation sites (tertiary alicyclic amines) is 1. The third kappa shape index (κ3) is 5.31. The first kappa shape index (κ1) is 14.0. The summed E-state index contributed by atoms with van der Waals surface area (Å²) in [5, 5.41) is 0. The fraction of sp³-hybridized carbons (Fsp3) is 1.00. The standard InChI is InChI=1S/C14H30N2/c1-12-5-7-16(8-6-12)11-13(10-15)9-14(2,3)4/h12-13H,5-11,15H2,1-4H3. The zero-order valence-electron chi connectivity index (χ0n) is 11.6. The van der Waals surface area contributed by atoms with Gasteiger partial charge in [0, 0.05) is 6.54 Å². The molecule has 2 heteroatoms. The molecule has 0 aromatic heterocycles. The van der Waals surface area contributed by atoms with E-state index in [1.165, 1.54) is 38.9 Å². The Labute approximate surface area is 102 Å². The molecule has 2 nitrogen and oxygen atoms in total. The smallest absolute Gasteiger partial charge is 0.00219 e. The van der Waals surface area contributed by atoms with Gasteiger partial charge in [0.2, 0.25) is 0 Å². The second-order valence-corrected chi connectivity index (χ2v) is 6.85. The molecular formula is C14H30N2. The van der Waals surface area contributed by atoms with Gasteiger partial charge < -0.3 is 10.6 Å². The van der Waals surface area contributed by atoms with Crippen LogP contribution in [0.4, 0.5) is 0 Å². The van der Waals surface area contributed by atoms with Crippen LogP contribution in [0.2, 0.25) is 0 Å².